The summed E-state index contributed by atoms with van der Waals surface area (Å²) in [5.41, 5.74) is 6.06. The van der Waals surface area contributed by atoms with Gasteiger partial charge in [0.1, 0.15) is 19.0 Å². The Morgan fingerprint density at radius 1 is 0.633 bits per heavy atom. The van der Waals surface area contributed by atoms with Crippen molar-refractivity contribution in [2.24, 2.45) is 0 Å². The van der Waals surface area contributed by atoms with Gasteiger partial charge in [0.2, 0.25) is 0 Å². The minimum atomic E-state index is 0. The van der Waals surface area contributed by atoms with Crippen molar-refractivity contribution in [3.8, 4) is 17.2 Å². The van der Waals surface area contributed by atoms with Crippen molar-refractivity contribution < 1.29 is 14.6 Å². The van der Waals surface area contributed by atoms with Crippen molar-refractivity contribution in [2.75, 3.05) is 42.3 Å². The number of aromatic hydroxyl groups is 1. The van der Waals surface area contributed by atoms with E-state index in [1.54, 1.807) is 12.1 Å². The lowest BCUT2D eigenvalue weighted by Gasteiger charge is -2.29. The van der Waals surface area contributed by atoms with E-state index in [4.69, 9.17) is 14.6 Å². The van der Waals surface area contributed by atoms with E-state index in [9.17, 15) is 0 Å². The highest BCUT2D eigenvalue weighted by Crippen LogP contribution is 2.32. The van der Waals surface area contributed by atoms with Gasteiger partial charge in [-0.05, 0) is 135 Å². The summed E-state index contributed by atoms with van der Waals surface area (Å²) >= 11 is 0. The predicted molar refractivity (Wildman–Crippen MR) is 215 cm³/mol. The highest BCUT2D eigenvalue weighted by molar-refractivity contribution is 5.65. The van der Waals surface area contributed by atoms with Gasteiger partial charge in [-0.2, -0.15) is 0 Å². The van der Waals surface area contributed by atoms with Gasteiger partial charge >= 0.3 is 0 Å². The van der Waals surface area contributed by atoms with Crippen LogP contribution in [0.2, 0.25) is 0 Å². The number of hydrogen-bond donors (Lipinski definition) is 4. The number of piperidine rings is 1. The first-order valence-corrected chi connectivity index (χ1v) is 17.5. The number of nitrogens with zero attached hydrogens (tertiary/aromatic N) is 1. The zero-order chi connectivity index (χ0) is 34.2. The average Bonchev–Trinajstić information content (AvgIpc) is 3.50. The number of phenolic OH excluding ortho intramolecular Hbond substituents is 1. The Kier molecular flexibility index (Phi) is 20.0. The van der Waals surface area contributed by atoms with Crippen LogP contribution in [0.25, 0.3) is 6.08 Å². The molecule has 2 heterocycles. The number of fused-ring (bicyclic) bond motifs is 2. The topological polar surface area (TPSA) is 78.0 Å². The van der Waals surface area contributed by atoms with E-state index >= 15 is 0 Å². The van der Waals surface area contributed by atoms with Crippen molar-refractivity contribution >= 4 is 23.1 Å². The van der Waals surface area contributed by atoms with Crippen LogP contribution >= 0.6 is 0 Å². The number of benzene rings is 3. The molecule has 0 saturated carbocycles. The molecule has 49 heavy (non-hydrogen) atoms. The molecule has 7 heteroatoms. The Hall–Kier alpha value is -3.84. The molecule has 274 valence electrons. The van der Waals surface area contributed by atoms with Crippen molar-refractivity contribution in [1.82, 2.24) is 4.90 Å². The summed E-state index contributed by atoms with van der Waals surface area (Å²) in [7, 11) is 0. The molecule has 2 aliphatic heterocycles. The molecule has 0 spiro atoms. The van der Waals surface area contributed by atoms with Crippen LogP contribution in [0.4, 0.5) is 17.1 Å². The molecule has 6 rings (SSSR count). The summed E-state index contributed by atoms with van der Waals surface area (Å²) in [6, 6.07) is 21.7. The summed E-state index contributed by atoms with van der Waals surface area (Å²) in [6.07, 6.45) is 9.78. The van der Waals surface area contributed by atoms with Gasteiger partial charge in [0.15, 0.2) is 11.5 Å². The lowest BCUT2D eigenvalue weighted by atomic mass is 10.1. The lowest BCUT2D eigenvalue weighted by molar-refractivity contribution is 0.171. The number of hydrogen-bond acceptors (Lipinski definition) is 7. The number of phenols is 1. The number of nitrogens with one attached hydrogen (secondary N) is 3. The number of anilines is 3. The van der Waals surface area contributed by atoms with Crippen LogP contribution in [0.1, 0.15) is 101 Å². The summed E-state index contributed by atoms with van der Waals surface area (Å²) in [5, 5.41) is 19.0. The maximum atomic E-state index is 9.09. The first-order chi connectivity index (χ1) is 22.5. The molecule has 0 radical (unpaired) electrons. The Bertz CT molecular complexity index is 1360. The number of rotatable bonds is 7. The number of ether oxygens (including phenoxy) is 2. The van der Waals surface area contributed by atoms with Crippen molar-refractivity contribution in [1.29, 1.82) is 0 Å². The number of likely N-dealkylation sites (tertiary alicyclic amines) is 1. The Morgan fingerprint density at radius 3 is 1.73 bits per heavy atom. The number of allylic oxidation sites excluding steroid dienone is 1. The van der Waals surface area contributed by atoms with Gasteiger partial charge in [0.05, 0.1) is 0 Å². The van der Waals surface area contributed by atoms with Gasteiger partial charge in [-0.15, -0.1) is 0 Å². The Morgan fingerprint density at radius 2 is 1.18 bits per heavy atom. The maximum absolute atomic E-state index is 9.09. The molecule has 3 aromatic carbocycles. The monoisotopic (exact) mass is 677 g/mol. The van der Waals surface area contributed by atoms with E-state index in [0.717, 1.165) is 35.3 Å². The van der Waals surface area contributed by atoms with E-state index < -0.39 is 0 Å². The van der Waals surface area contributed by atoms with Crippen LogP contribution in [0, 0.1) is 0 Å². The fraction of sp³-hybridized carbons (Fsp3) is 0.524. The zero-order valence-electron chi connectivity index (χ0n) is 30.1. The predicted octanol–water partition coefficient (Wildman–Crippen LogP) is 10.7. The second kappa shape index (κ2) is 22.7. The van der Waals surface area contributed by atoms with Gasteiger partial charge in [0.25, 0.3) is 0 Å². The van der Waals surface area contributed by atoms with E-state index in [1.165, 1.54) is 49.2 Å². The molecule has 0 aromatic heterocycles. The third-order valence-corrected chi connectivity index (χ3v) is 7.66. The van der Waals surface area contributed by atoms with Crippen LogP contribution in [0.15, 0.2) is 66.7 Å². The minimum absolute atomic E-state index is 0. The summed E-state index contributed by atoms with van der Waals surface area (Å²) < 4.78 is 10.9. The molecular formula is C42H68N4O3. The Labute approximate surface area is 299 Å². The fourth-order valence-corrected chi connectivity index (χ4v) is 5.50. The maximum Gasteiger partial charge on any atom is 0.163 e. The highest BCUT2D eigenvalue weighted by atomic mass is 16.6. The highest BCUT2D eigenvalue weighted by Gasteiger charge is 2.12. The van der Waals surface area contributed by atoms with Gasteiger partial charge < -0.3 is 35.4 Å². The average molecular weight is 677 g/mol. The van der Waals surface area contributed by atoms with Gasteiger partial charge in [-0.1, -0.05) is 45.6 Å². The molecule has 0 atom stereocenters. The summed E-state index contributed by atoms with van der Waals surface area (Å²) in [6.45, 7) is 21.2. The molecular weight excluding hydrogens is 608 g/mol. The summed E-state index contributed by atoms with van der Waals surface area (Å²) in [5.74, 6) is 1.98. The van der Waals surface area contributed by atoms with Gasteiger partial charge in [-0.3, -0.25) is 0 Å². The van der Waals surface area contributed by atoms with Crippen molar-refractivity contribution in [2.45, 2.75) is 120 Å². The smallest absolute Gasteiger partial charge is 0.163 e. The van der Waals surface area contributed by atoms with Crippen LogP contribution < -0.4 is 25.4 Å². The van der Waals surface area contributed by atoms with Gasteiger partial charge in [-0.25, -0.2) is 0 Å². The quantitative estimate of drug-likeness (QED) is 0.198. The normalized spacial score (nSPS) is 14.1. The molecule has 0 bridgehead atoms. The zero-order valence-corrected chi connectivity index (χ0v) is 30.1. The SMILES string of the molecule is C.C.CC(C)N1CCCCC1.CC(C)Nc1ccc2c(c1)C=CC2.CC(C)Nc1ccc2c(c1)OCCO2.CC(C)Nc1cccc(O)c1. The van der Waals surface area contributed by atoms with Crippen LogP contribution in [0.3, 0.4) is 0 Å². The van der Waals surface area contributed by atoms with E-state index in [1.807, 2.05) is 30.3 Å². The molecule has 1 aliphatic carbocycles. The Balaban J connectivity index is 0.000000326. The first-order valence-electron chi connectivity index (χ1n) is 17.5. The molecule has 3 aliphatic rings. The lowest BCUT2D eigenvalue weighted by Crippen LogP contribution is -2.35. The van der Waals surface area contributed by atoms with E-state index in [0.29, 0.717) is 37.1 Å². The molecule has 7 nitrogen and oxygen atoms in total. The largest absolute Gasteiger partial charge is 0.508 e. The van der Waals surface area contributed by atoms with Crippen LogP contribution in [-0.2, 0) is 6.42 Å². The van der Waals surface area contributed by atoms with Crippen molar-refractivity contribution in [3.63, 3.8) is 0 Å². The molecule has 3 aromatic rings. The second-order valence-corrected chi connectivity index (χ2v) is 13.5. The molecule has 4 N–H and O–H groups in total. The fourth-order valence-electron chi connectivity index (χ4n) is 5.50. The third-order valence-electron chi connectivity index (χ3n) is 7.66. The van der Waals surface area contributed by atoms with E-state index in [-0.39, 0.29) is 14.9 Å². The van der Waals surface area contributed by atoms with Crippen LogP contribution in [0.5, 0.6) is 17.2 Å². The van der Waals surface area contributed by atoms with E-state index in [2.05, 4.69) is 107 Å². The molecule has 0 unspecified atom stereocenters. The standard InChI is InChI=1S/C12H15N.C11H15NO2.C9H13NO.C8H17N.2CH4/c1-9(2)13-12-7-6-10-4-3-5-11(10)8-12;1-8(2)12-9-3-4-10-11(7-9)14-6-5-13-10;1-7(2)10-8-4-3-5-9(11)6-8;1-8(2)9-6-4-3-5-7-9;;/h3,5-9,13H,4H2,1-2H3;3-4,7-8,12H,5-6H2,1-2H3;3-7,10-11H,1-2H3;8H,3-7H2,1-2H3;2*1H4. The third kappa shape index (κ3) is 16.4. The molecule has 1 fully saturated rings. The molecule has 1 saturated heterocycles. The van der Waals surface area contributed by atoms with Crippen LogP contribution in [-0.4, -0.2) is 60.5 Å². The van der Waals surface area contributed by atoms with Crippen molar-refractivity contribution in [3.05, 3.63) is 77.9 Å². The minimum Gasteiger partial charge on any atom is -0.508 e. The van der Waals surface area contributed by atoms with Gasteiger partial charge in [0, 0.05) is 53.4 Å². The first kappa shape index (κ1) is 43.2. The summed E-state index contributed by atoms with van der Waals surface area (Å²) in [4.78, 5) is 2.56. The molecule has 0 amide bonds. The second-order valence-electron chi connectivity index (χ2n) is 13.5.